The highest BCUT2D eigenvalue weighted by atomic mass is 19.1. The summed E-state index contributed by atoms with van der Waals surface area (Å²) in [5, 5.41) is 3.09. The summed E-state index contributed by atoms with van der Waals surface area (Å²) >= 11 is 0. The molecule has 0 aliphatic rings. The van der Waals surface area contributed by atoms with Crippen molar-refractivity contribution in [2.75, 3.05) is 13.6 Å². The highest BCUT2D eigenvalue weighted by molar-refractivity contribution is 5.59. The van der Waals surface area contributed by atoms with Gasteiger partial charge in [0, 0.05) is 17.7 Å². The number of nitrogens with one attached hydrogen (secondary N) is 1. The van der Waals surface area contributed by atoms with E-state index in [4.69, 9.17) is 0 Å². The molecule has 0 aliphatic heterocycles. The molecule has 1 aromatic carbocycles. The summed E-state index contributed by atoms with van der Waals surface area (Å²) in [5.41, 5.74) is 2.06. The second-order valence-corrected chi connectivity index (χ2v) is 4.50. The molecule has 100 valence electrons. The van der Waals surface area contributed by atoms with Crippen LogP contribution in [0, 0.1) is 12.7 Å². The van der Waals surface area contributed by atoms with Crippen LogP contribution < -0.4 is 5.32 Å². The molecule has 0 saturated carbocycles. The van der Waals surface area contributed by atoms with Gasteiger partial charge in [0.15, 0.2) is 0 Å². The van der Waals surface area contributed by atoms with Crippen molar-refractivity contribution in [3.05, 3.63) is 47.7 Å². The molecule has 2 rings (SSSR count). The average molecular weight is 259 g/mol. The first kappa shape index (κ1) is 13.6. The highest BCUT2D eigenvalue weighted by Crippen LogP contribution is 2.21. The van der Waals surface area contributed by atoms with E-state index in [1.165, 1.54) is 6.07 Å². The van der Waals surface area contributed by atoms with Crippen molar-refractivity contribution in [3.63, 3.8) is 0 Å². The lowest BCUT2D eigenvalue weighted by Gasteiger charge is -2.07. The van der Waals surface area contributed by atoms with E-state index >= 15 is 0 Å². The first-order valence-corrected chi connectivity index (χ1v) is 6.45. The van der Waals surface area contributed by atoms with Gasteiger partial charge in [0.25, 0.3) is 0 Å². The van der Waals surface area contributed by atoms with E-state index in [1.807, 2.05) is 26.1 Å². The number of aryl methyl sites for hydroxylation is 2. The molecule has 2 aromatic rings. The van der Waals surface area contributed by atoms with E-state index < -0.39 is 0 Å². The van der Waals surface area contributed by atoms with Crippen LogP contribution in [0.5, 0.6) is 0 Å². The zero-order valence-electron chi connectivity index (χ0n) is 11.3. The van der Waals surface area contributed by atoms with Gasteiger partial charge >= 0.3 is 0 Å². The fraction of sp³-hybridized carbons (Fsp3) is 0.333. The Balaban J connectivity index is 2.29. The predicted molar refractivity (Wildman–Crippen MR) is 74.4 cm³/mol. The normalized spacial score (nSPS) is 10.7. The molecule has 0 amide bonds. The molecule has 1 N–H and O–H groups in total. The standard InChI is InChI=1S/C15H18FN3/c1-11-10-14(12-6-3-4-7-13(12)16)19-15(18-11)8-5-9-17-2/h3-4,6-7,10,17H,5,8-9H2,1-2H3. The molecular formula is C15H18FN3. The third-order valence-corrected chi connectivity index (χ3v) is 2.88. The molecule has 0 unspecified atom stereocenters. The van der Waals surface area contributed by atoms with Gasteiger partial charge in [-0.05, 0) is 45.1 Å². The molecule has 0 atom stereocenters. The molecule has 0 fully saturated rings. The Morgan fingerprint density at radius 2 is 2.00 bits per heavy atom. The molecule has 0 saturated heterocycles. The maximum Gasteiger partial charge on any atom is 0.132 e. The number of hydrogen-bond acceptors (Lipinski definition) is 3. The van der Waals surface area contributed by atoms with E-state index in [1.54, 1.807) is 12.1 Å². The number of halogens is 1. The van der Waals surface area contributed by atoms with Gasteiger partial charge in [-0.2, -0.15) is 0 Å². The molecule has 1 heterocycles. The number of aromatic nitrogens is 2. The smallest absolute Gasteiger partial charge is 0.132 e. The van der Waals surface area contributed by atoms with Crippen molar-refractivity contribution in [3.8, 4) is 11.3 Å². The van der Waals surface area contributed by atoms with Gasteiger partial charge in [0.2, 0.25) is 0 Å². The van der Waals surface area contributed by atoms with Crippen molar-refractivity contribution >= 4 is 0 Å². The summed E-state index contributed by atoms with van der Waals surface area (Å²) in [5.74, 6) is 0.523. The van der Waals surface area contributed by atoms with Crippen LogP contribution >= 0.6 is 0 Å². The lowest BCUT2D eigenvalue weighted by molar-refractivity contribution is 0.630. The number of nitrogens with zero attached hydrogens (tertiary/aromatic N) is 2. The van der Waals surface area contributed by atoms with Crippen molar-refractivity contribution in [1.82, 2.24) is 15.3 Å². The summed E-state index contributed by atoms with van der Waals surface area (Å²) < 4.78 is 13.8. The van der Waals surface area contributed by atoms with Gasteiger partial charge < -0.3 is 5.32 Å². The Morgan fingerprint density at radius 1 is 1.21 bits per heavy atom. The minimum absolute atomic E-state index is 0.248. The average Bonchev–Trinajstić information content (AvgIpc) is 2.39. The molecule has 4 heteroatoms. The van der Waals surface area contributed by atoms with Crippen LogP contribution in [0.25, 0.3) is 11.3 Å². The summed E-state index contributed by atoms with van der Waals surface area (Å²) in [7, 11) is 1.92. The number of hydrogen-bond donors (Lipinski definition) is 1. The van der Waals surface area contributed by atoms with Gasteiger partial charge in [-0.15, -0.1) is 0 Å². The minimum atomic E-state index is -0.248. The van der Waals surface area contributed by atoms with Crippen molar-refractivity contribution < 1.29 is 4.39 Å². The Morgan fingerprint density at radius 3 is 2.74 bits per heavy atom. The first-order valence-electron chi connectivity index (χ1n) is 6.45. The van der Waals surface area contributed by atoms with Crippen molar-refractivity contribution in [2.24, 2.45) is 0 Å². The lowest BCUT2D eigenvalue weighted by Crippen LogP contribution is -2.10. The third kappa shape index (κ3) is 3.58. The zero-order valence-corrected chi connectivity index (χ0v) is 11.3. The Bertz CT molecular complexity index is 555. The second kappa shape index (κ2) is 6.38. The highest BCUT2D eigenvalue weighted by Gasteiger charge is 2.08. The quantitative estimate of drug-likeness (QED) is 0.839. The molecule has 0 aliphatic carbocycles. The minimum Gasteiger partial charge on any atom is -0.320 e. The van der Waals surface area contributed by atoms with Crippen molar-refractivity contribution in [1.29, 1.82) is 0 Å². The van der Waals surface area contributed by atoms with Crippen LogP contribution in [0.1, 0.15) is 17.9 Å². The lowest BCUT2D eigenvalue weighted by atomic mass is 10.1. The Hall–Kier alpha value is -1.81. The zero-order chi connectivity index (χ0) is 13.7. The maximum atomic E-state index is 13.8. The van der Waals surface area contributed by atoms with Gasteiger partial charge in [-0.3, -0.25) is 0 Å². The van der Waals surface area contributed by atoms with E-state index in [0.717, 1.165) is 30.9 Å². The molecule has 3 nitrogen and oxygen atoms in total. The predicted octanol–water partition coefficient (Wildman–Crippen LogP) is 2.74. The molecule has 1 aromatic heterocycles. The number of benzene rings is 1. The van der Waals surface area contributed by atoms with Crippen LogP contribution in [0.4, 0.5) is 4.39 Å². The van der Waals surface area contributed by atoms with E-state index in [2.05, 4.69) is 15.3 Å². The van der Waals surface area contributed by atoms with Crippen molar-refractivity contribution in [2.45, 2.75) is 19.8 Å². The molecule has 0 spiro atoms. The second-order valence-electron chi connectivity index (χ2n) is 4.50. The molecular weight excluding hydrogens is 241 g/mol. The third-order valence-electron chi connectivity index (χ3n) is 2.88. The Kier molecular flexibility index (Phi) is 4.58. The van der Waals surface area contributed by atoms with Crippen LogP contribution in [0.3, 0.4) is 0 Å². The van der Waals surface area contributed by atoms with Gasteiger partial charge in [0.05, 0.1) is 5.69 Å². The summed E-state index contributed by atoms with van der Waals surface area (Å²) in [6.45, 7) is 2.83. The summed E-state index contributed by atoms with van der Waals surface area (Å²) in [6.07, 6.45) is 1.76. The molecule has 19 heavy (non-hydrogen) atoms. The van der Waals surface area contributed by atoms with Crippen LogP contribution in [-0.2, 0) is 6.42 Å². The largest absolute Gasteiger partial charge is 0.320 e. The molecule has 0 bridgehead atoms. The first-order chi connectivity index (χ1) is 9.20. The van der Waals surface area contributed by atoms with Crippen LogP contribution in [0.2, 0.25) is 0 Å². The van der Waals surface area contributed by atoms with E-state index in [-0.39, 0.29) is 5.82 Å². The van der Waals surface area contributed by atoms with Gasteiger partial charge in [-0.25, -0.2) is 14.4 Å². The SMILES string of the molecule is CNCCCc1nc(C)cc(-c2ccccc2F)n1. The fourth-order valence-electron chi connectivity index (χ4n) is 1.97. The Labute approximate surface area is 112 Å². The fourth-order valence-corrected chi connectivity index (χ4v) is 1.97. The van der Waals surface area contributed by atoms with Crippen LogP contribution in [0.15, 0.2) is 30.3 Å². The van der Waals surface area contributed by atoms with E-state index in [0.29, 0.717) is 11.3 Å². The summed E-state index contributed by atoms with van der Waals surface area (Å²) in [4.78, 5) is 8.86. The topological polar surface area (TPSA) is 37.8 Å². The summed E-state index contributed by atoms with van der Waals surface area (Å²) in [6, 6.07) is 8.51. The van der Waals surface area contributed by atoms with Gasteiger partial charge in [-0.1, -0.05) is 12.1 Å². The van der Waals surface area contributed by atoms with Gasteiger partial charge in [0.1, 0.15) is 11.6 Å². The van der Waals surface area contributed by atoms with E-state index in [9.17, 15) is 4.39 Å². The maximum absolute atomic E-state index is 13.8. The monoisotopic (exact) mass is 259 g/mol. The van der Waals surface area contributed by atoms with Crippen LogP contribution in [-0.4, -0.2) is 23.6 Å². The number of rotatable bonds is 5. The molecule has 0 radical (unpaired) electrons.